The average molecular weight is 318 g/mol. The third-order valence-corrected chi connectivity index (χ3v) is 3.43. The first-order chi connectivity index (χ1) is 10.7. The Morgan fingerprint density at radius 3 is 2.30 bits per heavy atom. The molecule has 0 radical (unpaired) electrons. The molecule has 0 spiro atoms. The average Bonchev–Trinajstić information content (AvgIpc) is 2.73. The highest BCUT2D eigenvalue weighted by Crippen LogP contribution is 2.22. The summed E-state index contributed by atoms with van der Waals surface area (Å²) in [6.45, 7) is 6.66. The topological polar surface area (TPSA) is 90.5 Å². The van der Waals surface area contributed by atoms with Crippen molar-refractivity contribution < 1.29 is 14.4 Å². The zero-order valence-corrected chi connectivity index (χ0v) is 13.8. The van der Waals surface area contributed by atoms with Crippen LogP contribution < -0.4 is 16.0 Å². The van der Waals surface area contributed by atoms with Gasteiger partial charge in [-0.05, 0) is 23.1 Å². The van der Waals surface area contributed by atoms with Crippen molar-refractivity contribution in [1.29, 1.82) is 0 Å². The van der Waals surface area contributed by atoms with Crippen LogP contribution in [0.4, 0.5) is 15.3 Å². The van der Waals surface area contributed by atoms with E-state index in [4.69, 9.17) is 0 Å². The van der Waals surface area contributed by atoms with Gasteiger partial charge in [0.05, 0.1) is 0 Å². The molecule has 7 nitrogen and oxygen atoms in total. The van der Waals surface area contributed by atoms with E-state index < -0.39 is 12.1 Å². The number of urea groups is 2. The van der Waals surface area contributed by atoms with Gasteiger partial charge in [0.25, 0.3) is 5.91 Å². The summed E-state index contributed by atoms with van der Waals surface area (Å²) in [6.07, 6.45) is 0. The predicted molar refractivity (Wildman–Crippen MR) is 87.0 cm³/mol. The Morgan fingerprint density at radius 1 is 1.22 bits per heavy atom. The summed E-state index contributed by atoms with van der Waals surface area (Å²) >= 11 is 0. The van der Waals surface area contributed by atoms with Crippen LogP contribution in [-0.2, 0) is 4.79 Å². The largest absolute Gasteiger partial charge is 0.337 e. The number of nitrogens with zero attached hydrogens (tertiary/aromatic N) is 1. The molecule has 7 heteroatoms. The van der Waals surface area contributed by atoms with Gasteiger partial charge in [-0.15, -0.1) is 0 Å². The summed E-state index contributed by atoms with van der Waals surface area (Å²) in [5, 5.41) is 8.12. The summed E-state index contributed by atoms with van der Waals surface area (Å²) in [4.78, 5) is 36.2. The number of amides is 5. The molecule has 1 aromatic rings. The normalized spacial score (nSPS) is 17.9. The maximum absolute atomic E-state index is 11.9. The van der Waals surface area contributed by atoms with E-state index in [1.54, 1.807) is 24.3 Å². The minimum absolute atomic E-state index is 0.00820. The predicted octanol–water partition coefficient (Wildman–Crippen LogP) is 2.08. The molecule has 1 fully saturated rings. The van der Waals surface area contributed by atoms with E-state index in [2.05, 4.69) is 16.0 Å². The van der Waals surface area contributed by atoms with Crippen LogP contribution in [0.1, 0.15) is 32.4 Å². The fourth-order valence-corrected chi connectivity index (χ4v) is 2.08. The number of likely N-dealkylation sites (N-methyl/N-ethyl adjacent to an activating group) is 1. The van der Waals surface area contributed by atoms with Crippen molar-refractivity contribution in [3.8, 4) is 0 Å². The SMILES string of the molecule is CN1C(=O)NC(c2ccc(NC(=O)NCC(C)(C)C)cc2)C1=O. The Bertz CT molecular complexity index is 619. The first-order valence-corrected chi connectivity index (χ1v) is 7.40. The van der Waals surface area contributed by atoms with Crippen LogP contribution in [0.25, 0.3) is 0 Å². The van der Waals surface area contributed by atoms with Crippen molar-refractivity contribution in [2.45, 2.75) is 26.8 Å². The number of hydrogen-bond acceptors (Lipinski definition) is 3. The molecular formula is C16H22N4O3. The van der Waals surface area contributed by atoms with Crippen LogP contribution in [0, 0.1) is 5.41 Å². The van der Waals surface area contributed by atoms with E-state index in [9.17, 15) is 14.4 Å². The number of anilines is 1. The summed E-state index contributed by atoms with van der Waals surface area (Å²) < 4.78 is 0. The minimum Gasteiger partial charge on any atom is -0.337 e. The number of benzene rings is 1. The first kappa shape index (κ1) is 16.8. The van der Waals surface area contributed by atoms with Crippen LogP contribution >= 0.6 is 0 Å². The molecule has 1 aliphatic heterocycles. The van der Waals surface area contributed by atoms with Crippen molar-refractivity contribution in [2.75, 3.05) is 18.9 Å². The molecule has 0 saturated carbocycles. The van der Waals surface area contributed by atoms with Gasteiger partial charge >= 0.3 is 12.1 Å². The third kappa shape index (κ3) is 4.21. The van der Waals surface area contributed by atoms with Crippen molar-refractivity contribution in [3.63, 3.8) is 0 Å². The molecule has 5 amide bonds. The van der Waals surface area contributed by atoms with Crippen LogP contribution in [0.5, 0.6) is 0 Å². The number of rotatable bonds is 3. The van der Waals surface area contributed by atoms with E-state index in [1.807, 2.05) is 20.8 Å². The lowest BCUT2D eigenvalue weighted by atomic mass is 9.97. The smallest absolute Gasteiger partial charge is 0.324 e. The second-order valence-electron chi connectivity index (χ2n) is 6.77. The molecule has 0 bridgehead atoms. The molecule has 1 heterocycles. The van der Waals surface area contributed by atoms with Gasteiger partial charge in [-0.25, -0.2) is 9.59 Å². The lowest BCUT2D eigenvalue weighted by molar-refractivity contribution is -0.126. The van der Waals surface area contributed by atoms with Crippen LogP contribution in [0.3, 0.4) is 0 Å². The molecule has 1 atom stereocenters. The number of imide groups is 1. The maximum Gasteiger partial charge on any atom is 0.324 e. The minimum atomic E-state index is -0.670. The van der Waals surface area contributed by atoms with Crippen LogP contribution in [0.15, 0.2) is 24.3 Å². The van der Waals surface area contributed by atoms with Gasteiger partial charge in [0.2, 0.25) is 0 Å². The van der Waals surface area contributed by atoms with E-state index >= 15 is 0 Å². The summed E-state index contributed by atoms with van der Waals surface area (Å²) in [6, 6.07) is 5.45. The Hall–Kier alpha value is -2.57. The summed E-state index contributed by atoms with van der Waals surface area (Å²) in [5.41, 5.74) is 1.30. The number of carbonyl (C=O) groups excluding carboxylic acids is 3. The Kier molecular flexibility index (Phi) is 4.58. The summed E-state index contributed by atoms with van der Waals surface area (Å²) in [5.74, 6) is -0.293. The number of carbonyl (C=O) groups is 3. The highest BCUT2D eigenvalue weighted by molar-refractivity contribution is 6.04. The summed E-state index contributed by atoms with van der Waals surface area (Å²) in [7, 11) is 1.44. The van der Waals surface area contributed by atoms with Gasteiger partial charge < -0.3 is 16.0 Å². The molecule has 1 aromatic carbocycles. The van der Waals surface area contributed by atoms with Gasteiger partial charge in [-0.2, -0.15) is 0 Å². The van der Waals surface area contributed by atoms with Crippen LogP contribution in [-0.4, -0.2) is 36.5 Å². The quantitative estimate of drug-likeness (QED) is 0.745. The number of hydrogen-bond donors (Lipinski definition) is 3. The van der Waals surface area contributed by atoms with Gasteiger partial charge in [0.15, 0.2) is 0 Å². The highest BCUT2D eigenvalue weighted by Gasteiger charge is 2.36. The van der Waals surface area contributed by atoms with E-state index in [-0.39, 0.29) is 17.4 Å². The second-order valence-corrected chi connectivity index (χ2v) is 6.77. The van der Waals surface area contributed by atoms with Gasteiger partial charge in [0.1, 0.15) is 6.04 Å². The molecular weight excluding hydrogens is 296 g/mol. The fourth-order valence-electron chi connectivity index (χ4n) is 2.08. The molecule has 1 aliphatic rings. The third-order valence-electron chi connectivity index (χ3n) is 3.43. The molecule has 124 valence electrons. The zero-order valence-electron chi connectivity index (χ0n) is 13.8. The van der Waals surface area contributed by atoms with Crippen molar-refractivity contribution >= 4 is 23.7 Å². The molecule has 2 rings (SSSR count). The van der Waals surface area contributed by atoms with Crippen molar-refractivity contribution in [2.24, 2.45) is 5.41 Å². The lowest BCUT2D eigenvalue weighted by Gasteiger charge is -2.19. The monoisotopic (exact) mass is 318 g/mol. The fraction of sp³-hybridized carbons (Fsp3) is 0.438. The Balaban J connectivity index is 1.96. The van der Waals surface area contributed by atoms with Gasteiger partial charge in [-0.3, -0.25) is 9.69 Å². The van der Waals surface area contributed by atoms with Gasteiger partial charge in [0, 0.05) is 19.3 Å². The van der Waals surface area contributed by atoms with Crippen molar-refractivity contribution in [3.05, 3.63) is 29.8 Å². The standard InChI is InChI=1S/C16H22N4O3/c1-16(2,3)9-17-14(22)18-11-7-5-10(6-8-11)12-13(21)20(4)15(23)19-12/h5-8,12H,9H2,1-4H3,(H,19,23)(H2,17,18,22). The molecule has 3 N–H and O–H groups in total. The zero-order chi connectivity index (χ0) is 17.2. The first-order valence-electron chi connectivity index (χ1n) is 7.40. The Morgan fingerprint density at radius 2 is 1.83 bits per heavy atom. The molecule has 0 aromatic heterocycles. The van der Waals surface area contributed by atoms with E-state index in [1.165, 1.54) is 7.05 Å². The van der Waals surface area contributed by atoms with Crippen molar-refractivity contribution in [1.82, 2.24) is 15.5 Å². The van der Waals surface area contributed by atoms with E-state index in [0.717, 1.165) is 4.90 Å². The highest BCUT2D eigenvalue weighted by atomic mass is 16.2. The number of nitrogens with one attached hydrogen (secondary N) is 3. The van der Waals surface area contributed by atoms with Crippen LogP contribution in [0.2, 0.25) is 0 Å². The molecule has 23 heavy (non-hydrogen) atoms. The van der Waals surface area contributed by atoms with E-state index in [0.29, 0.717) is 17.8 Å². The molecule has 0 aliphatic carbocycles. The Labute approximate surface area is 135 Å². The second kappa shape index (κ2) is 6.28. The molecule has 1 saturated heterocycles. The lowest BCUT2D eigenvalue weighted by Crippen LogP contribution is -2.35. The molecule has 1 unspecified atom stereocenters. The van der Waals surface area contributed by atoms with Gasteiger partial charge in [-0.1, -0.05) is 32.9 Å². The maximum atomic E-state index is 11.9.